The molecule has 2 aromatic heterocycles. The van der Waals surface area contributed by atoms with E-state index >= 15 is 0 Å². The van der Waals surface area contributed by atoms with Crippen LogP contribution >= 0.6 is 24.0 Å². The third-order valence-corrected chi connectivity index (χ3v) is 3.54. The van der Waals surface area contributed by atoms with Gasteiger partial charge in [0, 0.05) is 25.1 Å². The molecule has 3 aromatic rings. The molecular weight excluding hydrogens is 427 g/mol. The molecule has 1 aromatic carbocycles. The van der Waals surface area contributed by atoms with Gasteiger partial charge in [0.25, 0.3) is 0 Å². The lowest BCUT2D eigenvalue weighted by Gasteiger charge is -2.06. The van der Waals surface area contributed by atoms with Crippen molar-refractivity contribution in [2.75, 3.05) is 6.54 Å². The monoisotopic (exact) mass is 448 g/mol. The lowest BCUT2D eigenvalue weighted by atomic mass is 10.1. The Morgan fingerprint density at radius 1 is 1.08 bits per heavy atom. The minimum atomic E-state index is 0. The molecule has 0 saturated heterocycles. The molecule has 6 nitrogen and oxygen atoms in total. The molecule has 3 rings (SSSR count). The zero-order valence-corrected chi connectivity index (χ0v) is 16.1. The molecule has 0 saturated carbocycles. The molecule has 0 unspecified atom stereocenters. The van der Waals surface area contributed by atoms with Crippen LogP contribution in [0.1, 0.15) is 11.1 Å². The fourth-order valence-electron chi connectivity index (χ4n) is 2.30. The summed E-state index contributed by atoms with van der Waals surface area (Å²) >= 11 is 0. The van der Waals surface area contributed by atoms with Crippen LogP contribution in [0.2, 0.25) is 0 Å². The van der Waals surface area contributed by atoms with E-state index in [4.69, 9.17) is 5.73 Å². The number of halogens is 1. The highest BCUT2D eigenvalue weighted by atomic mass is 127. The SMILES string of the molecule is I.NC(=NCc1ccnc(-n2cccn2)c1)NCCc1ccccc1. The second-order valence-electron chi connectivity index (χ2n) is 5.34. The molecule has 2 heterocycles. The Kier molecular flexibility index (Phi) is 7.39. The van der Waals surface area contributed by atoms with Gasteiger partial charge in [0.15, 0.2) is 11.8 Å². The summed E-state index contributed by atoms with van der Waals surface area (Å²) in [4.78, 5) is 8.67. The van der Waals surface area contributed by atoms with Crippen molar-refractivity contribution in [2.24, 2.45) is 10.7 Å². The predicted molar refractivity (Wildman–Crippen MR) is 110 cm³/mol. The molecule has 0 bridgehead atoms. The smallest absolute Gasteiger partial charge is 0.188 e. The summed E-state index contributed by atoms with van der Waals surface area (Å²) in [7, 11) is 0. The van der Waals surface area contributed by atoms with Gasteiger partial charge in [-0.25, -0.2) is 14.7 Å². The molecule has 0 spiro atoms. The minimum absolute atomic E-state index is 0. The van der Waals surface area contributed by atoms with E-state index in [2.05, 4.69) is 32.5 Å². The fraction of sp³-hybridized carbons (Fsp3) is 0.167. The first-order chi connectivity index (χ1) is 11.8. The van der Waals surface area contributed by atoms with Crippen molar-refractivity contribution in [1.29, 1.82) is 0 Å². The van der Waals surface area contributed by atoms with Crippen molar-refractivity contribution in [3.05, 3.63) is 78.2 Å². The van der Waals surface area contributed by atoms with E-state index in [1.54, 1.807) is 17.1 Å². The highest BCUT2D eigenvalue weighted by molar-refractivity contribution is 14.0. The zero-order chi connectivity index (χ0) is 16.6. The highest BCUT2D eigenvalue weighted by Gasteiger charge is 2.00. The van der Waals surface area contributed by atoms with Gasteiger partial charge in [-0.1, -0.05) is 30.3 Å². The first-order valence-electron chi connectivity index (χ1n) is 7.84. The Hall–Kier alpha value is -2.42. The largest absolute Gasteiger partial charge is 0.370 e. The van der Waals surface area contributed by atoms with E-state index in [9.17, 15) is 0 Å². The number of aromatic nitrogens is 3. The van der Waals surface area contributed by atoms with Crippen LogP contribution in [-0.2, 0) is 13.0 Å². The molecule has 0 fully saturated rings. The van der Waals surface area contributed by atoms with Gasteiger partial charge in [0.05, 0.1) is 6.54 Å². The summed E-state index contributed by atoms with van der Waals surface area (Å²) in [5, 5.41) is 7.31. The summed E-state index contributed by atoms with van der Waals surface area (Å²) in [6, 6.07) is 16.0. The quantitative estimate of drug-likeness (QED) is 0.345. The van der Waals surface area contributed by atoms with Crippen molar-refractivity contribution in [2.45, 2.75) is 13.0 Å². The van der Waals surface area contributed by atoms with Gasteiger partial charge in [-0.2, -0.15) is 5.10 Å². The van der Waals surface area contributed by atoms with Gasteiger partial charge in [0.2, 0.25) is 0 Å². The van der Waals surface area contributed by atoms with Gasteiger partial charge in [0.1, 0.15) is 0 Å². The van der Waals surface area contributed by atoms with E-state index in [1.807, 2.05) is 42.6 Å². The fourth-order valence-corrected chi connectivity index (χ4v) is 2.30. The molecule has 0 radical (unpaired) electrons. The normalized spacial score (nSPS) is 11.0. The van der Waals surface area contributed by atoms with E-state index in [-0.39, 0.29) is 24.0 Å². The predicted octanol–water partition coefficient (Wildman–Crippen LogP) is 2.53. The van der Waals surface area contributed by atoms with Crippen LogP contribution in [0.4, 0.5) is 0 Å². The molecule has 3 N–H and O–H groups in total. The number of nitrogens with one attached hydrogen (secondary N) is 1. The number of aliphatic imine (C=N–C) groups is 1. The Labute approximate surface area is 164 Å². The standard InChI is InChI=1S/C18H20N6.HI/c19-18(21-11-7-15-5-2-1-3-6-15)22-14-16-8-10-20-17(13-16)24-12-4-9-23-24;/h1-6,8-10,12-13H,7,11,14H2,(H3,19,21,22);1H. The van der Waals surface area contributed by atoms with Gasteiger partial charge < -0.3 is 11.1 Å². The highest BCUT2D eigenvalue weighted by Crippen LogP contribution is 2.07. The van der Waals surface area contributed by atoms with E-state index in [0.29, 0.717) is 12.5 Å². The van der Waals surface area contributed by atoms with Crippen LogP contribution < -0.4 is 11.1 Å². The topological polar surface area (TPSA) is 81.1 Å². The van der Waals surface area contributed by atoms with Crippen molar-refractivity contribution in [3.63, 3.8) is 0 Å². The number of nitrogens with two attached hydrogens (primary N) is 1. The maximum Gasteiger partial charge on any atom is 0.188 e. The third-order valence-electron chi connectivity index (χ3n) is 3.54. The van der Waals surface area contributed by atoms with Crippen LogP contribution in [0.15, 0.2) is 72.1 Å². The van der Waals surface area contributed by atoms with Gasteiger partial charge >= 0.3 is 0 Å². The van der Waals surface area contributed by atoms with Gasteiger partial charge in [-0.3, -0.25) is 0 Å². The molecule has 0 aliphatic carbocycles. The number of rotatable bonds is 6. The molecule has 0 amide bonds. The summed E-state index contributed by atoms with van der Waals surface area (Å²) in [6.07, 6.45) is 6.24. The first-order valence-corrected chi connectivity index (χ1v) is 7.84. The van der Waals surface area contributed by atoms with Crippen molar-refractivity contribution in [3.8, 4) is 5.82 Å². The van der Waals surface area contributed by atoms with Crippen LogP contribution in [0.25, 0.3) is 5.82 Å². The second-order valence-corrected chi connectivity index (χ2v) is 5.34. The summed E-state index contributed by atoms with van der Waals surface area (Å²) < 4.78 is 1.72. The second kappa shape index (κ2) is 9.77. The zero-order valence-electron chi connectivity index (χ0n) is 13.7. The van der Waals surface area contributed by atoms with Gasteiger partial charge in [-0.15, -0.1) is 24.0 Å². The lowest BCUT2D eigenvalue weighted by Crippen LogP contribution is -2.33. The Bertz CT molecular complexity index is 786. The maximum atomic E-state index is 5.92. The molecule has 130 valence electrons. The number of guanidine groups is 1. The van der Waals surface area contributed by atoms with E-state index in [1.165, 1.54) is 5.56 Å². The molecular formula is C18H21IN6. The Morgan fingerprint density at radius 2 is 1.92 bits per heavy atom. The Morgan fingerprint density at radius 3 is 2.68 bits per heavy atom. The van der Waals surface area contributed by atoms with Gasteiger partial charge in [-0.05, 0) is 35.7 Å². The molecule has 0 aliphatic rings. The maximum absolute atomic E-state index is 5.92. The summed E-state index contributed by atoms with van der Waals surface area (Å²) in [6.45, 7) is 1.26. The molecule has 7 heteroatoms. The average Bonchev–Trinajstić information content (AvgIpc) is 3.16. The van der Waals surface area contributed by atoms with Crippen molar-refractivity contribution < 1.29 is 0 Å². The number of hydrogen-bond donors (Lipinski definition) is 2. The average molecular weight is 448 g/mol. The molecule has 0 atom stereocenters. The Balaban J connectivity index is 0.00000225. The number of hydrogen-bond acceptors (Lipinski definition) is 3. The lowest BCUT2D eigenvalue weighted by molar-refractivity contribution is 0.836. The first kappa shape index (κ1) is 18.9. The molecule has 25 heavy (non-hydrogen) atoms. The number of nitrogens with zero attached hydrogens (tertiary/aromatic N) is 4. The van der Waals surface area contributed by atoms with Crippen LogP contribution in [0, 0.1) is 0 Å². The van der Waals surface area contributed by atoms with E-state index < -0.39 is 0 Å². The number of benzene rings is 1. The third kappa shape index (κ3) is 5.86. The summed E-state index contributed by atoms with van der Waals surface area (Å²) in [5.74, 6) is 1.21. The van der Waals surface area contributed by atoms with E-state index in [0.717, 1.165) is 24.3 Å². The number of pyridine rings is 1. The van der Waals surface area contributed by atoms with Crippen molar-refractivity contribution in [1.82, 2.24) is 20.1 Å². The van der Waals surface area contributed by atoms with Crippen LogP contribution in [-0.4, -0.2) is 27.3 Å². The minimum Gasteiger partial charge on any atom is -0.370 e. The van der Waals surface area contributed by atoms with Crippen molar-refractivity contribution >= 4 is 29.9 Å². The summed E-state index contributed by atoms with van der Waals surface area (Å²) in [5.41, 5.74) is 8.23. The van der Waals surface area contributed by atoms with Crippen LogP contribution in [0.5, 0.6) is 0 Å². The van der Waals surface area contributed by atoms with Crippen LogP contribution in [0.3, 0.4) is 0 Å². The molecule has 0 aliphatic heterocycles.